The van der Waals surface area contributed by atoms with Crippen LogP contribution >= 0.6 is 0 Å². The van der Waals surface area contributed by atoms with Crippen molar-refractivity contribution in [2.24, 2.45) is 5.73 Å². The minimum Gasteiger partial charge on any atom is -0.336 e. The van der Waals surface area contributed by atoms with Gasteiger partial charge in [0.15, 0.2) is 0 Å². The summed E-state index contributed by atoms with van der Waals surface area (Å²) < 4.78 is 2.45. The molecule has 57 heavy (non-hydrogen) atoms. The van der Waals surface area contributed by atoms with E-state index >= 15 is 0 Å². The minimum atomic E-state index is -0.353. The van der Waals surface area contributed by atoms with Crippen molar-refractivity contribution in [2.75, 3.05) is 0 Å². The first kappa shape index (κ1) is 34.9. The first-order valence-corrected chi connectivity index (χ1v) is 20.0. The summed E-state index contributed by atoms with van der Waals surface area (Å²) >= 11 is 0. The van der Waals surface area contributed by atoms with Crippen LogP contribution in [0.3, 0.4) is 0 Å². The molecule has 3 nitrogen and oxygen atoms in total. The zero-order valence-electron chi connectivity index (χ0n) is 32.4. The molecule has 0 spiro atoms. The van der Waals surface area contributed by atoms with E-state index in [1.54, 1.807) is 0 Å². The Morgan fingerprint density at radius 3 is 1.96 bits per heavy atom. The standard InChI is InChI=1S/C54H45N3/c1-54(2)47-24-14-23-43(52(47)46-33-39-17-6-7-18-40(39)34-48(46)54)37-30-27-36(28-31-37)29-32-49(56-53(55)38-15-4-3-5-16-38)42-20-9-8-19-41(42)35-57-50-25-12-10-21-44(50)45-22-11-13-26-51(45)57/h3-34,49,53,56H,35,55H2,1-2H3/b32-29+. The van der Waals surface area contributed by atoms with Gasteiger partial charge in [-0.05, 0) is 90.7 Å². The topological polar surface area (TPSA) is 43.0 Å². The summed E-state index contributed by atoms with van der Waals surface area (Å²) in [7, 11) is 0. The fourth-order valence-corrected chi connectivity index (χ4v) is 9.22. The number of hydrogen-bond acceptors (Lipinski definition) is 2. The molecule has 8 aromatic carbocycles. The van der Waals surface area contributed by atoms with Crippen molar-refractivity contribution >= 4 is 38.7 Å². The van der Waals surface area contributed by atoms with Gasteiger partial charge >= 0.3 is 0 Å². The van der Waals surface area contributed by atoms with Gasteiger partial charge in [-0.2, -0.15) is 0 Å². The molecule has 2 atom stereocenters. The lowest BCUT2D eigenvalue weighted by Crippen LogP contribution is -2.32. The van der Waals surface area contributed by atoms with E-state index in [2.05, 4.69) is 200 Å². The lowest BCUT2D eigenvalue weighted by Gasteiger charge is -2.24. The second-order valence-electron chi connectivity index (χ2n) is 15.9. The molecule has 9 aromatic rings. The van der Waals surface area contributed by atoms with Crippen LogP contribution in [0.25, 0.3) is 60.9 Å². The summed E-state index contributed by atoms with van der Waals surface area (Å²) in [6.45, 7) is 5.46. The van der Waals surface area contributed by atoms with Gasteiger partial charge in [0, 0.05) is 33.8 Å². The van der Waals surface area contributed by atoms with Gasteiger partial charge in [0.05, 0.1) is 12.2 Å². The van der Waals surface area contributed by atoms with E-state index < -0.39 is 0 Å². The highest BCUT2D eigenvalue weighted by atomic mass is 15.1. The summed E-state index contributed by atoms with van der Waals surface area (Å²) in [6, 6.07) is 65.7. The van der Waals surface area contributed by atoms with E-state index in [1.807, 2.05) is 18.2 Å². The van der Waals surface area contributed by atoms with Gasteiger partial charge in [-0.15, -0.1) is 0 Å². The predicted octanol–water partition coefficient (Wildman–Crippen LogP) is 13.0. The van der Waals surface area contributed by atoms with Crippen molar-refractivity contribution in [3.05, 3.63) is 221 Å². The summed E-state index contributed by atoms with van der Waals surface area (Å²) in [5.74, 6) is 0. The maximum atomic E-state index is 6.90. The SMILES string of the molecule is CC1(C)c2cc3ccccc3cc2-c2c(-c3ccc(/C=C/C(NC(N)c4ccccc4)c4ccccc4Cn4c5ccccc5c5ccccc54)cc3)cccc21. The molecular formula is C54H45N3. The Bertz CT molecular complexity index is 2900. The molecule has 276 valence electrons. The molecule has 3 heteroatoms. The predicted molar refractivity (Wildman–Crippen MR) is 240 cm³/mol. The van der Waals surface area contributed by atoms with Gasteiger partial charge in [-0.1, -0.05) is 184 Å². The smallest absolute Gasteiger partial charge is 0.0817 e. The van der Waals surface area contributed by atoms with E-state index in [9.17, 15) is 0 Å². The maximum absolute atomic E-state index is 6.90. The molecule has 0 radical (unpaired) electrons. The van der Waals surface area contributed by atoms with Gasteiger partial charge in [0.25, 0.3) is 0 Å². The molecule has 0 saturated heterocycles. The lowest BCUT2D eigenvalue weighted by atomic mass is 9.81. The van der Waals surface area contributed by atoms with Crippen molar-refractivity contribution in [2.45, 2.75) is 38.0 Å². The van der Waals surface area contributed by atoms with Crippen LogP contribution in [-0.4, -0.2) is 4.57 Å². The Labute approximate surface area is 334 Å². The third-order valence-corrected chi connectivity index (χ3v) is 12.2. The Hall–Kier alpha value is -6.52. The number of para-hydroxylation sites is 2. The van der Waals surface area contributed by atoms with E-state index in [0.29, 0.717) is 0 Å². The molecule has 0 bridgehead atoms. The molecule has 1 heterocycles. The number of benzene rings is 8. The largest absolute Gasteiger partial charge is 0.336 e. The summed E-state index contributed by atoms with van der Waals surface area (Å²) in [5, 5.41) is 8.91. The van der Waals surface area contributed by atoms with Gasteiger partial charge in [0.1, 0.15) is 0 Å². The normalized spacial score (nSPS) is 14.3. The van der Waals surface area contributed by atoms with Crippen LogP contribution in [0.2, 0.25) is 0 Å². The fraction of sp³-hybridized carbons (Fsp3) is 0.111. The van der Waals surface area contributed by atoms with E-state index in [4.69, 9.17) is 5.73 Å². The summed E-state index contributed by atoms with van der Waals surface area (Å²) in [6.07, 6.45) is 4.15. The Morgan fingerprint density at radius 2 is 1.23 bits per heavy atom. The molecule has 3 N–H and O–H groups in total. The number of nitrogens with two attached hydrogens (primary N) is 1. The average Bonchev–Trinajstić information content (AvgIpc) is 3.69. The van der Waals surface area contributed by atoms with E-state index in [1.165, 1.54) is 77.1 Å². The molecule has 1 aliphatic rings. The van der Waals surface area contributed by atoms with E-state index in [0.717, 1.165) is 17.7 Å². The monoisotopic (exact) mass is 735 g/mol. The van der Waals surface area contributed by atoms with Crippen LogP contribution in [0.15, 0.2) is 188 Å². The zero-order chi connectivity index (χ0) is 38.5. The van der Waals surface area contributed by atoms with E-state index in [-0.39, 0.29) is 17.6 Å². The molecule has 2 unspecified atom stereocenters. The number of fused-ring (bicyclic) bond motifs is 7. The second kappa shape index (κ2) is 14.2. The molecule has 0 amide bonds. The van der Waals surface area contributed by atoms with Gasteiger partial charge in [0.2, 0.25) is 0 Å². The number of nitrogens with one attached hydrogen (secondary N) is 1. The second-order valence-corrected chi connectivity index (χ2v) is 15.9. The maximum Gasteiger partial charge on any atom is 0.0817 e. The van der Waals surface area contributed by atoms with Gasteiger partial charge in [-0.25, -0.2) is 0 Å². The summed E-state index contributed by atoms with van der Waals surface area (Å²) in [4.78, 5) is 0. The number of aromatic nitrogens is 1. The molecule has 0 saturated carbocycles. The van der Waals surface area contributed by atoms with Crippen LogP contribution < -0.4 is 11.1 Å². The van der Waals surface area contributed by atoms with Crippen molar-refractivity contribution in [1.29, 1.82) is 0 Å². The molecule has 10 rings (SSSR count). The van der Waals surface area contributed by atoms with Crippen LogP contribution in [0.1, 0.15) is 59.4 Å². The molecular weight excluding hydrogens is 691 g/mol. The highest BCUT2D eigenvalue weighted by molar-refractivity contribution is 6.08. The first-order chi connectivity index (χ1) is 27.9. The lowest BCUT2D eigenvalue weighted by molar-refractivity contribution is 0.506. The molecule has 0 aliphatic heterocycles. The van der Waals surface area contributed by atoms with Gasteiger partial charge in [-0.3, -0.25) is 5.32 Å². The minimum absolute atomic E-state index is 0.0756. The number of rotatable bonds is 9. The first-order valence-electron chi connectivity index (χ1n) is 20.0. The highest BCUT2D eigenvalue weighted by Crippen LogP contribution is 2.53. The fourth-order valence-electron chi connectivity index (χ4n) is 9.22. The molecule has 1 aromatic heterocycles. The highest BCUT2D eigenvalue weighted by Gasteiger charge is 2.37. The Balaban J connectivity index is 1.01. The Kier molecular flexibility index (Phi) is 8.71. The van der Waals surface area contributed by atoms with Gasteiger partial charge < -0.3 is 10.3 Å². The van der Waals surface area contributed by atoms with Crippen LogP contribution in [0.4, 0.5) is 0 Å². The number of hydrogen-bond donors (Lipinski definition) is 2. The van der Waals surface area contributed by atoms with Crippen molar-refractivity contribution < 1.29 is 0 Å². The van der Waals surface area contributed by atoms with Crippen molar-refractivity contribution in [3.63, 3.8) is 0 Å². The number of nitrogens with zero attached hydrogens (tertiary/aromatic N) is 1. The van der Waals surface area contributed by atoms with Crippen LogP contribution in [0.5, 0.6) is 0 Å². The summed E-state index contributed by atoms with van der Waals surface area (Å²) in [5.41, 5.74) is 21.9. The third kappa shape index (κ3) is 6.17. The Morgan fingerprint density at radius 1 is 0.596 bits per heavy atom. The molecule has 0 fully saturated rings. The quantitative estimate of drug-likeness (QED) is 0.145. The molecule has 1 aliphatic carbocycles. The van der Waals surface area contributed by atoms with Crippen LogP contribution in [-0.2, 0) is 12.0 Å². The third-order valence-electron chi connectivity index (χ3n) is 12.2. The van der Waals surface area contributed by atoms with Crippen LogP contribution in [0, 0.1) is 0 Å². The average molecular weight is 736 g/mol. The zero-order valence-corrected chi connectivity index (χ0v) is 32.4. The van der Waals surface area contributed by atoms with Crippen molar-refractivity contribution in [3.8, 4) is 22.3 Å². The van der Waals surface area contributed by atoms with Crippen molar-refractivity contribution in [1.82, 2.24) is 9.88 Å².